The van der Waals surface area contributed by atoms with Crippen molar-refractivity contribution in [3.8, 4) is 0 Å². The highest BCUT2D eigenvalue weighted by molar-refractivity contribution is 7.89. The summed E-state index contributed by atoms with van der Waals surface area (Å²) < 4.78 is 26.3. The molecular weight excluding hydrogens is 266 g/mol. The molecule has 19 heavy (non-hydrogen) atoms. The zero-order chi connectivity index (χ0) is 14.3. The van der Waals surface area contributed by atoms with Gasteiger partial charge in [0.15, 0.2) is 0 Å². The summed E-state index contributed by atoms with van der Waals surface area (Å²) in [5.74, 6) is -0.863. The number of carboxylic acid groups (broad SMARTS) is 1. The molecule has 0 atom stereocenters. The number of carbonyl (C=O) groups is 1. The molecule has 1 aromatic carbocycles. The Labute approximate surface area is 113 Å². The highest BCUT2D eigenvalue weighted by Gasteiger charge is 2.12. The first-order valence-electron chi connectivity index (χ1n) is 6.26. The quantitative estimate of drug-likeness (QED) is 0.713. The number of aliphatic carboxylic acids is 1. The van der Waals surface area contributed by atoms with E-state index in [-0.39, 0.29) is 17.9 Å². The van der Waals surface area contributed by atoms with E-state index in [1.54, 1.807) is 24.3 Å². The van der Waals surface area contributed by atoms with Crippen LogP contribution in [0.5, 0.6) is 0 Å². The van der Waals surface area contributed by atoms with Crippen LogP contribution in [0.3, 0.4) is 0 Å². The summed E-state index contributed by atoms with van der Waals surface area (Å²) in [5, 5.41) is 8.46. The maximum absolute atomic E-state index is 11.9. The highest BCUT2D eigenvalue weighted by Crippen LogP contribution is 2.11. The van der Waals surface area contributed by atoms with Gasteiger partial charge in [0.25, 0.3) is 0 Å². The van der Waals surface area contributed by atoms with Crippen molar-refractivity contribution >= 4 is 16.0 Å². The lowest BCUT2D eigenvalue weighted by molar-refractivity contribution is -0.137. The van der Waals surface area contributed by atoms with E-state index in [0.29, 0.717) is 12.8 Å². The molecule has 0 aliphatic carbocycles. The number of sulfonamides is 1. The first-order valence-corrected chi connectivity index (χ1v) is 7.74. The Morgan fingerprint density at radius 3 is 2.37 bits per heavy atom. The van der Waals surface area contributed by atoms with Gasteiger partial charge in [-0.05, 0) is 37.0 Å². The average molecular weight is 285 g/mol. The molecule has 2 N–H and O–H groups in total. The van der Waals surface area contributed by atoms with E-state index >= 15 is 0 Å². The van der Waals surface area contributed by atoms with Crippen molar-refractivity contribution in [3.05, 3.63) is 29.8 Å². The molecule has 0 saturated heterocycles. The number of benzene rings is 1. The molecule has 0 aliphatic rings. The number of carboxylic acids is 1. The Kier molecular flexibility index (Phi) is 5.98. The second kappa shape index (κ2) is 7.25. The van der Waals surface area contributed by atoms with Crippen LogP contribution in [-0.2, 0) is 21.2 Å². The number of aryl methyl sites for hydroxylation is 1. The fraction of sp³-hybridized carbons (Fsp3) is 0.462. The van der Waals surface area contributed by atoms with E-state index in [9.17, 15) is 13.2 Å². The van der Waals surface area contributed by atoms with Crippen LogP contribution in [-0.4, -0.2) is 26.0 Å². The molecule has 0 saturated carbocycles. The topological polar surface area (TPSA) is 83.5 Å². The zero-order valence-corrected chi connectivity index (χ0v) is 11.7. The fourth-order valence-electron chi connectivity index (χ4n) is 1.60. The smallest absolute Gasteiger partial charge is 0.303 e. The third-order valence-electron chi connectivity index (χ3n) is 2.75. The van der Waals surface area contributed by atoms with Gasteiger partial charge in [0.05, 0.1) is 4.90 Å². The molecule has 0 radical (unpaired) electrons. The molecule has 0 amide bonds. The van der Waals surface area contributed by atoms with Gasteiger partial charge < -0.3 is 5.11 Å². The number of nitrogens with one attached hydrogen (secondary N) is 1. The summed E-state index contributed by atoms with van der Waals surface area (Å²) in [7, 11) is -3.48. The van der Waals surface area contributed by atoms with Crippen molar-refractivity contribution in [1.82, 2.24) is 4.72 Å². The van der Waals surface area contributed by atoms with Crippen LogP contribution >= 0.6 is 0 Å². The third kappa shape index (κ3) is 5.40. The Bertz CT molecular complexity index is 508. The van der Waals surface area contributed by atoms with Crippen LogP contribution in [0.1, 0.15) is 31.7 Å². The van der Waals surface area contributed by atoms with Crippen LogP contribution in [0.25, 0.3) is 0 Å². The summed E-state index contributed by atoms with van der Waals surface area (Å²) in [4.78, 5) is 10.5. The standard InChI is InChI=1S/C13H19NO4S/c1-2-11-6-8-12(9-7-11)19(17,18)14-10-4-3-5-13(15)16/h6-9,14H,2-5,10H2,1H3,(H,15,16). The van der Waals surface area contributed by atoms with Crippen molar-refractivity contribution in [2.75, 3.05) is 6.54 Å². The zero-order valence-electron chi connectivity index (χ0n) is 10.9. The molecule has 1 aromatic rings. The van der Waals surface area contributed by atoms with E-state index in [2.05, 4.69) is 4.72 Å². The minimum atomic E-state index is -3.48. The largest absolute Gasteiger partial charge is 0.481 e. The van der Waals surface area contributed by atoms with Crippen LogP contribution in [0, 0.1) is 0 Å². The van der Waals surface area contributed by atoms with Gasteiger partial charge in [-0.15, -0.1) is 0 Å². The van der Waals surface area contributed by atoms with Crippen LogP contribution in [0.4, 0.5) is 0 Å². The third-order valence-corrected chi connectivity index (χ3v) is 4.23. The molecule has 0 fully saturated rings. The van der Waals surface area contributed by atoms with Gasteiger partial charge in [-0.25, -0.2) is 13.1 Å². The second-order valence-electron chi connectivity index (χ2n) is 4.25. The van der Waals surface area contributed by atoms with Crippen molar-refractivity contribution in [3.63, 3.8) is 0 Å². The summed E-state index contributed by atoms with van der Waals surface area (Å²) in [6.45, 7) is 2.26. The first kappa shape index (κ1) is 15.7. The van der Waals surface area contributed by atoms with E-state index < -0.39 is 16.0 Å². The maximum atomic E-state index is 11.9. The van der Waals surface area contributed by atoms with E-state index in [4.69, 9.17) is 5.11 Å². The average Bonchev–Trinajstić information content (AvgIpc) is 2.38. The van der Waals surface area contributed by atoms with E-state index in [1.165, 1.54) is 0 Å². The van der Waals surface area contributed by atoms with Crippen molar-refractivity contribution in [2.24, 2.45) is 0 Å². The lowest BCUT2D eigenvalue weighted by Gasteiger charge is -2.07. The molecule has 5 nitrogen and oxygen atoms in total. The molecule has 0 bridgehead atoms. The number of unbranched alkanes of at least 4 members (excludes halogenated alkanes) is 1. The van der Waals surface area contributed by atoms with Crippen molar-refractivity contribution in [1.29, 1.82) is 0 Å². The van der Waals surface area contributed by atoms with Gasteiger partial charge >= 0.3 is 5.97 Å². The lowest BCUT2D eigenvalue weighted by Crippen LogP contribution is -2.24. The summed E-state index contributed by atoms with van der Waals surface area (Å²) >= 11 is 0. The predicted octanol–water partition coefficient (Wildman–Crippen LogP) is 1.78. The van der Waals surface area contributed by atoms with Crippen LogP contribution in [0.15, 0.2) is 29.2 Å². The Morgan fingerprint density at radius 1 is 1.21 bits per heavy atom. The summed E-state index contributed by atoms with van der Waals surface area (Å²) in [5.41, 5.74) is 1.08. The maximum Gasteiger partial charge on any atom is 0.303 e. The molecule has 0 spiro atoms. The number of hydrogen-bond acceptors (Lipinski definition) is 3. The monoisotopic (exact) mass is 285 g/mol. The fourth-order valence-corrected chi connectivity index (χ4v) is 2.67. The van der Waals surface area contributed by atoms with Gasteiger partial charge in [0.1, 0.15) is 0 Å². The van der Waals surface area contributed by atoms with E-state index in [1.807, 2.05) is 6.92 Å². The van der Waals surface area contributed by atoms with Gasteiger partial charge in [-0.2, -0.15) is 0 Å². The molecule has 0 aromatic heterocycles. The minimum absolute atomic E-state index is 0.0624. The molecule has 0 aliphatic heterocycles. The van der Waals surface area contributed by atoms with Gasteiger partial charge in [-0.1, -0.05) is 19.1 Å². The Balaban J connectivity index is 2.48. The molecule has 0 heterocycles. The Hall–Kier alpha value is -1.40. The number of rotatable bonds is 8. The van der Waals surface area contributed by atoms with Gasteiger partial charge in [0.2, 0.25) is 10.0 Å². The van der Waals surface area contributed by atoms with Gasteiger partial charge in [0, 0.05) is 13.0 Å². The normalized spacial score (nSPS) is 11.4. The second-order valence-corrected chi connectivity index (χ2v) is 6.01. The van der Waals surface area contributed by atoms with Crippen LogP contribution in [0.2, 0.25) is 0 Å². The Morgan fingerprint density at radius 2 is 1.84 bits per heavy atom. The van der Waals surface area contributed by atoms with E-state index in [0.717, 1.165) is 12.0 Å². The molecule has 1 rings (SSSR count). The van der Waals surface area contributed by atoms with Gasteiger partial charge in [-0.3, -0.25) is 4.79 Å². The van der Waals surface area contributed by atoms with Crippen LogP contribution < -0.4 is 4.72 Å². The van der Waals surface area contributed by atoms with Crippen molar-refractivity contribution < 1.29 is 18.3 Å². The summed E-state index contributed by atoms with van der Waals surface area (Å²) in [6.07, 6.45) is 1.90. The summed E-state index contributed by atoms with van der Waals surface area (Å²) in [6, 6.07) is 6.74. The molecule has 106 valence electrons. The SMILES string of the molecule is CCc1ccc(S(=O)(=O)NCCCCC(=O)O)cc1. The molecule has 0 unspecified atom stereocenters. The molecular formula is C13H19NO4S. The molecule has 6 heteroatoms. The lowest BCUT2D eigenvalue weighted by atomic mass is 10.2. The van der Waals surface area contributed by atoms with Crippen molar-refractivity contribution in [2.45, 2.75) is 37.5 Å². The highest BCUT2D eigenvalue weighted by atomic mass is 32.2. The first-order chi connectivity index (χ1) is 8.95. The number of hydrogen-bond donors (Lipinski definition) is 2. The predicted molar refractivity (Wildman–Crippen MR) is 72.5 cm³/mol. The minimum Gasteiger partial charge on any atom is -0.481 e.